The molecule has 2 aromatic rings. The van der Waals surface area contributed by atoms with Gasteiger partial charge in [0, 0.05) is 20.1 Å². The van der Waals surface area contributed by atoms with E-state index in [0.29, 0.717) is 12.2 Å². The van der Waals surface area contributed by atoms with Gasteiger partial charge in [-0.2, -0.15) is 0 Å². The third-order valence-electron chi connectivity index (χ3n) is 4.39. The average Bonchev–Trinajstić information content (AvgIpc) is 2.96. The van der Waals surface area contributed by atoms with Crippen molar-refractivity contribution >= 4 is 21.6 Å². The molecular weight excluding hydrogens is 352 g/mol. The number of hydrogen-bond donors (Lipinski definition) is 0. The summed E-state index contributed by atoms with van der Waals surface area (Å²) in [6.45, 7) is 1.82. The maximum Gasteiger partial charge on any atom is 0.264 e. The molecule has 3 rings (SSSR count). The van der Waals surface area contributed by atoms with Crippen molar-refractivity contribution < 1.29 is 17.9 Å². The monoisotopic (exact) mass is 374 g/mol. The lowest BCUT2D eigenvalue weighted by Crippen LogP contribution is -2.35. The van der Waals surface area contributed by atoms with E-state index in [-0.39, 0.29) is 23.5 Å². The second-order valence-corrected chi connectivity index (χ2v) is 8.35. The van der Waals surface area contributed by atoms with Gasteiger partial charge in [-0.05, 0) is 49.2 Å². The molecule has 0 fully saturated rings. The molecule has 0 aromatic heterocycles. The molecule has 2 aromatic carbocycles. The van der Waals surface area contributed by atoms with E-state index in [4.69, 9.17) is 4.74 Å². The SMILES string of the molecule is C[C@@H]1Cc2ccccc2N1S(=O)(=O)c1ccc(OCC(=O)N(C)C)cc1. The molecule has 0 radical (unpaired) electrons. The summed E-state index contributed by atoms with van der Waals surface area (Å²) in [7, 11) is -0.362. The fourth-order valence-electron chi connectivity index (χ4n) is 3.00. The van der Waals surface area contributed by atoms with Crippen molar-refractivity contribution in [3.8, 4) is 5.75 Å². The zero-order valence-electron chi connectivity index (χ0n) is 15.0. The fourth-order valence-corrected chi connectivity index (χ4v) is 4.69. The lowest BCUT2D eigenvalue weighted by Gasteiger charge is -2.24. The molecule has 1 amide bonds. The van der Waals surface area contributed by atoms with Crippen LogP contribution in [0.4, 0.5) is 5.69 Å². The van der Waals surface area contributed by atoms with Gasteiger partial charge in [-0.25, -0.2) is 8.42 Å². The summed E-state index contributed by atoms with van der Waals surface area (Å²) < 4.78 is 33.1. The van der Waals surface area contributed by atoms with Gasteiger partial charge < -0.3 is 9.64 Å². The summed E-state index contributed by atoms with van der Waals surface area (Å²) in [5.74, 6) is 0.290. The highest BCUT2D eigenvalue weighted by atomic mass is 32.2. The molecule has 6 nitrogen and oxygen atoms in total. The Balaban J connectivity index is 1.81. The van der Waals surface area contributed by atoms with E-state index >= 15 is 0 Å². The number of nitrogens with zero attached hydrogens (tertiary/aromatic N) is 2. The molecule has 0 N–H and O–H groups in total. The van der Waals surface area contributed by atoms with Crippen molar-refractivity contribution in [3.63, 3.8) is 0 Å². The van der Waals surface area contributed by atoms with Crippen molar-refractivity contribution in [2.75, 3.05) is 25.0 Å². The summed E-state index contributed by atoms with van der Waals surface area (Å²) in [4.78, 5) is 13.2. The van der Waals surface area contributed by atoms with Crippen LogP contribution in [0.5, 0.6) is 5.75 Å². The first-order valence-corrected chi connectivity index (χ1v) is 9.80. The van der Waals surface area contributed by atoms with Gasteiger partial charge >= 0.3 is 0 Å². The molecule has 0 saturated heterocycles. The number of sulfonamides is 1. The Morgan fingerprint density at radius 3 is 2.46 bits per heavy atom. The lowest BCUT2D eigenvalue weighted by molar-refractivity contribution is -0.130. The van der Waals surface area contributed by atoms with Crippen molar-refractivity contribution in [2.45, 2.75) is 24.3 Å². The number of benzene rings is 2. The van der Waals surface area contributed by atoms with E-state index in [1.807, 2.05) is 31.2 Å². The van der Waals surface area contributed by atoms with E-state index in [2.05, 4.69) is 0 Å². The highest BCUT2D eigenvalue weighted by molar-refractivity contribution is 7.92. The predicted molar refractivity (Wildman–Crippen MR) is 99.9 cm³/mol. The van der Waals surface area contributed by atoms with Gasteiger partial charge in [-0.15, -0.1) is 0 Å². The Kier molecular flexibility index (Phi) is 4.91. The number of fused-ring (bicyclic) bond motifs is 1. The van der Waals surface area contributed by atoms with E-state index in [9.17, 15) is 13.2 Å². The number of hydrogen-bond acceptors (Lipinski definition) is 4. The first-order valence-electron chi connectivity index (χ1n) is 8.36. The zero-order chi connectivity index (χ0) is 18.9. The minimum Gasteiger partial charge on any atom is -0.484 e. The first-order chi connectivity index (χ1) is 12.3. The number of amides is 1. The number of carbonyl (C=O) groups excluding carboxylic acids is 1. The molecule has 0 aliphatic carbocycles. The minimum atomic E-state index is -3.66. The molecule has 0 saturated carbocycles. The second-order valence-electron chi connectivity index (χ2n) is 6.53. The summed E-state index contributed by atoms with van der Waals surface area (Å²) in [5, 5.41) is 0. The molecule has 0 spiro atoms. The molecule has 1 atom stereocenters. The maximum atomic E-state index is 13.1. The molecular formula is C19H22N2O4S. The zero-order valence-corrected chi connectivity index (χ0v) is 15.9. The van der Waals surface area contributed by atoms with Gasteiger partial charge in [0.15, 0.2) is 6.61 Å². The van der Waals surface area contributed by atoms with Crippen molar-refractivity contribution in [3.05, 3.63) is 54.1 Å². The van der Waals surface area contributed by atoms with Crippen LogP contribution >= 0.6 is 0 Å². The Bertz CT molecular complexity index is 907. The largest absolute Gasteiger partial charge is 0.484 e. The summed E-state index contributed by atoms with van der Waals surface area (Å²) in [6, 6.07) is 13.6. The number of rotatable bonds is 5. The number of likely N-dealkylation sites (N-methyl/N-ethyl adjacent to an activating group) is 1. The number of carbonyl (C=O) groups is 1. The Hall–Kier alpha value is -2.54. The average molecular weight is 374 g/mol. The molecule has 1 aliphatic rings. The van der Waals surface area contributed by atoms with Crippen LogP contribution in [-0.4, -0.2) is 46.0 Å². The molecule has 138 valence electrons. The van der Waals surface area contributed by atoms with Gasteiger partial charge in [0.2, 0.25) is 0 Å². The fraction of sp³-hybridized carbons (Fsp3) is 0.316. The smallest absolute Gasteiger partial charge is 0.264 e. The maximum absolute atomic E-state index is 13.1. The minimum absolute atomic E-state index is 0.0877. The molecule has 0 unspecified atom stereocenters. The van der Waals surface area contributed by atoms with Crippen LogP contribution in [0.2, 0.25) is 0 Å². The number of ether oxygens (including phenoxy) is 1. The van der Waals surface area contributed by atoms with E-state index < -0.39 is 10.0 Å². The number of anilines is 1. The van der Waals surface area contributed by atoms with E-state index in [1.165, 1.54) is 21.3 Å². The lowest BCUT2D eigenvalue weighted by atomic mass is 10.1. The first kappa shape index (κ1) is 18.3. The van der Waals surface area contributed by atoms with Crippen LogP contribution in [0.3, 0.4) is 0 Å². The van der Waals surface area contributed by atoms with Gasteiger partial charge in [0.1, 0.15) is 5.75 Å². The van der Waals surface area contributed by atoms with Crippen LogP contribution in [0.1, 0.15) is 12.5 Å². The second kappa shape index (κ2) is 6.99. The van der Waals surface area contributed by atoms with Crippen LogP contribution in [-0.2, 0) is 21.2 Å². The van der Waals surface area contributed by atoms with Gasteiger partial charge in [-0.3, -0.25) is 9.10 Å². The van der Waals surface area contributed by atoms with E-state index in [1.54, 1.807) is 26.2 Å². The van der Waals surface area contributed by atoms with Gasteiger partial charge in [0.25, 0.3) is 15.9 Å². The van der Waals surface area contributed by atoms with Gasteiger partial charge in [0.05, 0.1) is 10.6 Å². The number of para-hydroxylation sites is 1. The molecule has 1 heterocycles. The van der Waals surface area contributed by atoms with Crippen molar-refractivity contribution in [1.29, 1.82) is 0 Å². The van der Waals surface area contributed by atoms with Crippen molar-refractivity contribution in [2.24, 2.45) is 0 Å². The van der Waals surface area contributed by atoms with Crippen LogP contribution in [0.25, 0.3) is 0 Å². The molecule has 26 heavy (non-hydrogen) atoms. The molecule has 7 heteroatoms. The third-order valence-corrected chi connectivity index (χ3v) is 6.33. The van der Waals surface area contributed by atoms with Crippen LogP contribution in [0.15, 0.2) is 53.4 Å². The van der Waals surface area contributed by atoms with Gasteiger partial charge in [-0.1, -0.05) is 18.2 Å². The van der Waals surface area contributed by atoms with Crippen LogP contribution in [0, 0.1) is 0 Å². The summed E-state index contributed by atoms with van der Waals surface area (Å²) >= 11 is 0. The summed E-state index contributed by atoms with van der Waals surface area (Å²) in [5.41, 5.74) is 1.77. The quantitative estimate of drug-likeness (QED) is 0.805. The normalized spacial score (nSPS) is 16.3. The standard InChI is InChI=1S/C19H22N2O4S/c1-14-12-15-6-4-5-7-18(15)21(14)26(23,24)17-10-8-16(9-11-17)25-13-19(22)20(2)3/h4-11,14H,12-13H2,1-3H3/t14-/m1/s1. The Morgan fingerprint density at radius 1 is 1.15 bits per heavy atom. The third kappa shape index (κ3) is 3.39. The predicted octanol–water partition coefficient (Wildman–Crippen LogP) is 2.29. The highest BCUT2D eigenvalue weighted by Crippen LogP contribution is 2.36. The van der Waals surface area contributed by atoms with E-state index in [0.717, 1.165) is 11.3 Å². The van der Waals surface area contributed by atoms with Crippen molar-refractivity contribution in [1.82, 2.24) is 4.90 Å². The Labute approximate surface area is 154 Å². The Morgan fingerprint density at radius 2 is 1.81 bits per heavy atom. The molecule has 1 aliphatic heterocycles. The topological polar surface area (TPSA) is 66.9 Å². The van der Waals surface area contributed by atoms with Crippen LogP contribution < -0.4 is 9.04 Å². The highest BCUT2D eigenvalue weighted by Gasteiger charge is 2.35. The molecule has 0 bridgehead atoms. The summed E-state index contributed by atoms with van der Waals surface area (Å²) in [6.07, 6.45) is 0.698.